The molecule has 2 rings (SSSR count). The third kappa shape index (κ3) is 0.783. The molecule has 1 heteroatoms. The molecule has 2 aliphatic carbocycles. The maximum atomic E-state index is 4.84. The van der Waals surface area contributed by atoms with Crippen LogP contribution in [0.1, 0.15) is 40.0 Å². The minimum atomic E-state index is 0.302. The van der Waals surface area contributed by atoms with Crippen molar-refractivity contribution in [2.75, 3.05) is 0 Å². The molecule has 3 atom stereocenters. The third-order valence-corrected chi connectivity index (χ3v) is 5.49. The lowest BCUT2D eigenvalue weighted by Gasteiger charge is -2.44. The molecule has 64 valence electrons. The van der Waals surface area contributed by atoms with Gasteiger partial charge in [0.1, 0.15) is 0 Å². The van der Waals surface area contributed by atoms with Crippen molar-refractivity contribution in [1.82, 2.24) is 0 Å². The second kappa shape index (κ2) is 1.99. The Kier molecular flexibility index (Phi) is 1.44. The summed E-state index contributed by atoms with van der Waals surface area (Å²) in [5.41, 5.74) is 0.471. The molecule has 0 aliphatic heterocycles. The first kappa shape index (κ1) is 7.97. The lowest BCUT2D eigenvalue weighted by Crippen LogP contribution is -2.42. The number of hydrogen-bond acceptors (Lipinski definition) is 1. The molecule has 0 aromatic carbocycles. The van der Waals surface area contributed by atoms with Crippen LogP contribution in [0.25, 0.3) is 0 Å². The summed E-state index contributed by atoms with van der Waals surface area (Å²) >= 11 is 4.84. The van der Waals surface area contributed by atoms with Crippen LogP contribution in [0.2, 0.25) is 0 Å². The summed E-state index contributed by atoms with van der Waals surface area (Å²) in [4.78, 5) is 0. The van der Waals surface area contributed by atoms with Gasteiger partial charge in [-0.05, 0) is 43.4 Å². The van der Waals surface area contributed by atoms with Crippen molar-refractivity contribution in [1.29, 1.82) is 0 Å². The van der Waals surface area contributed by atoms with Crippen molar-refractivity contribution in [2.45, 2.75) is 44.8 Å². The highest BCUT2D eigenvalue weighted by Crippen LogP contribution is 2.63. The van der Waals surface area contributed by atoms with Gasteiger partial charge < -0.3 is 0 Å². The highest BCUT2D eigenvalue weighted by atomic mass is 32.1. The van der Waals surface area contributed by atoms with Gasteiger partial charge in [-0.25, -0.2) is 0 Å². The van der Waals surface area contributed by atoms with Crippen LogP contribution in [0.4, 0.5) is 0 Å². The second-order valence-corrected chi connectivity index (χ2v) is 6.01. The predicted molar refractivity (Wildman–Crippen MR) is 52.0 cm³/mol. The van der Waals surface area contributed by atoms with Gasteiger partial charge in [0.05, 0.1) is 0 Å². The Bertz CT molecular complexity index is 161. The van der Waals surface area contributed by atoms with Crippen LogP contribution in [-0.2, 0) is 0 Å². The molecule has 2 fully saturated rings. The first-order chi connectivity index (χ1) is 4.96. The van der Waals surface area contributed by atoms with E-state index >= 15 is 0 Å². The van der Waals surface area contributed by atoms with Gasteiger partial charge in [0.2, 0.25) is 0 Å². The summed E-state index contributed by atoms with van der Waals surface area (Å²) in [7, 11) is 0. The SMILES string of the molecule is CC1(C)C2CCC(C2)C1(C)S. The van der Waals surface area contributed by atoms with Gasteiger partial charge in [-0.3, -0.25) is 0 Å². The second-order valence-electron chi connectivity index (χ2n) is 5.08. The number of rotatable bonds is 0. The monoisotopic (exact) mass is 170 g/mol. The van der Waals surface area contributed by atoms with Crippen molar-refractivity contribution < 1.29 is 0 Å². The quantitative estimate of drug-likeness (QED) is 0.531. The van der Waals surface area contributed by atoms with Crippen LogP contribution < -0.4 is 0 Å². The molecular weight excluding hydrogens is 152 g/mol. The average molecular weight is 170 g/mol. The zero-order valence-corrected chi connectivity index (χ0v) is 8.62. The van der Waals surface area contributed by atoms with E-state index in [-0.39, 0.29) is 0 Å². The summed E-state index contributed by atoms with van der Waals surface area (Å²) < 4.78 is 0.302. The van der Waals surface area contributed by atoms with Crippen molar-refractivity contribution in [2.24, 2.45) is 17.3 Å². The number of fused-ring (bicyclic) bond motifs is 2. The molecule has 11 heavy (non-hydrogen) atoms. The molecule has 0 aromatic heterocycles. The lowest BCUT2D eigenvalue weighted by atomic mass is 9.69. The fourth-order valence-corrected chi connectivity index (χ4v) is 3.50. The number of hydrogen-bond donors (Lipinski definition) is 1. The van der Waals surface area contributed by atoms with Gasteiger partial charge in [0, 0.05) is 4.75 Å². The normalized spacial score (nSPS) is 53.5. The Balaban J connectivity index is 2.36. The maximum Gasteiger partial charge on any atom is 0.0183 e. The van der Waals surface area contributed by atoms with Crippen LogP contribution in [-0.4, -0.2) is 4.75 Å². The summed E-state index contributed by atoms with van der Waals surface area (Å²) in [5.74, 6) is 1.85. The molecule has 0 spiro atoms. The summed E-state index contributed by atoms with van der Waals surface area (Å²) in [6, 6.07) is 0. The van der Waals surface area contributed by atoms with E-state index in [1.807, 2.05) is 0 Å². The topological polar surface area (TPSA) is 0 Å². The van der Waals surface area contributed by atoms with Gasteiger partial charge >= 0.3 is 0 Å². The van der Waals surface area contributed by atoms with E-state index in [2.05, 4.69) is 20.8 Å². The van der Waals surface area contributed by atoms with Crippen LogP contribution in [0.3, 0.4) is 0 Å². The van der Waals surface area contributed by atoms with Crippen LogP contribution in [0.15, 0.2) is 0 Å². The average Bonchev–Trinajstić information content (AvgIpc) is 2.37. The van der Waals surface area contributed by atoms with E-state index in [0.717, 1.165) is 11.8 Å². The summed E-state index contributed by atoms with van der Waals surface area (Å²) in [6.07, 6.45) is 4.31. The van der Waals surface area contributed by atoms with Crippen molar-refractivity contribution >= 4 is 12.6 Å². The summed E-state index contributed by atoms with van der Waals surface area (Å²) in [5, 5.41) is 0. The maximum absolute atomic E-state index is 4.84. The molecule has 0 heterocycles. The van der Waals surface area contributed by atoms with Crippen LogP contribution >= 0.6 is 12.6 Å². The van der Waals surface area contributed by atoms with Gasteiger partial charge in [-0.1, -0.05) is 13.8 Å². The molecule has 0 saturated heterocycles. The highest BCUT2D eigenvalue weighted by molar-refractivity contribution is 7.81. The molecule has 0 radical (unpaired) electrons. The molecule has 0 nitrogen and oxygen atoms in total. The standard InChI is InChI=1S/C10H18S/c1-9(2)7-4-5-8(6-7)10(9,3)11/h7-8,11H,4-6H2,1-3H3. The van der Waals surface area contributed by atoms with E-state index in [0.29, 0.717) is 10.2 Å². The Morgan fingerprint density at radius 3 is 1.91 bits per heavy atom. The minimum Gasteiger partial charge on any atom is -0.172 e. The molecule has 2 bridgehead atoms. The van der Waals surface area contributed by atoms with Gasteiger partial charge in [-0.2, -0.15) is 12.6 Å². The van der Waals surface area contributed by atoms with Crippen molar-refractivity contribution in [3.8, 4) is 0 Å². The molecular formula is C10H18S. The van der Waals surface area contributed by atoms with E-state index in [1.165, 1.54) is 19.3 Å². The van der Waals surface area contributed by atoms with Crippen LogP contribution in [0.5, 0.6) is 0 Å². The zero-order valence-electron chi connectivity index (χ0n) is 7.72. The fraction of sp³-hybridized carbons (Fsp3) is 1.00. The van der Waals surface area contributed by atoms with Crippen molar-refractivity contribution in [3.63, 3.8) is 0 Å². The van der Waals surface area contributed by atoms with Gasteiger partial charge in [0.25, 0.3) is 0 Å². The number of thiol groups is 1. The molecule has 0 N–H and O–H groups in total. The fourth-order valence-electron chi connectivity index (χ4n) is 3.09. The van der Waals surface area contributed by atoms with Gasteiger partial charge in [-0.15, -0.1) is 0 Å². The molecule has 2 saturated carbocycles. The highest BCUT2D eigenvalue weighted by Gasteiger charge is 2.58. The summed E-state index contributed by atoms with van der Waals surface area (Å²) in [6.45, 7) is 7.12. The lowest BCUT2D eigenvalue weighted by molar-refractivity contribution is 0.167. The minimum absolute atomic E-state index is 0.302. The van der Waals surface area contributed by atoms with Crippen molar-refractivity contribution in [3.05, 3.63) is 0 Å². The van der Waals surface area contributed by atoms with Crippen LogP contribution in [0, 0.1) is 17.3 Å². The third-order valence-electron chi connectivity index (χ3n) is 4.55. The van der Waals surface area contributed by atoms with E-state index in [1.54, 1.807) is 0 Å². The Morgan fingerprint density at radius 1 is 1.09 bits per heavy atom. The molecule has 2 aliphatic rings. The smallest absolute Gasteiger partial charge is 0.0183 e. The molecule has 0 amide bonds. The van der Waals surface area contributed by atoms with Gasteiger partial charge in [0.15, 0.2) is 0 Å². The Morgan fingerprint density at radius 2 is 1.64 bits per heavy atom. The largest absolute Gasteiger partial charge is 0.172 e. The zero-order chi connectivity index (χ0) is 8.28. The Labute approximate surface area is 75.2 Å². The van der Waals surface area contributed by atoms with E-state index < -0.39 is 0 Å². The molecule has 3 unspecified atom stereocenters. The van der Waals surface area contributed by atoms with E-state index in [4.69, 9.17) is 12.6 Å². The molecule has 0 aromatic rings. The predicted octanol–water partition coefficient (Wildman–Crippen LogP) is 3.13. The first-order valence-corrected chi connectivity index (χ1v) is 5.13. The Hall–Kier alpha value is 0.350. The van der Waals surface area contributed by atoms with E-state index in [9.17, 15) is 0 Å². The first-order valence-electron chi connectivity index (χ1n) is 4.68.